The molecule has 1 fully saturated rings. The molecule has 0 spiro atoms. The number of nitrogens with zero attached hydrogens (tertiary/aromatic N) is 2. The van der Waals surface area contributed by atoms with Crippen molar-refractivity contribution in [3.8, 4) is 0 Å². The first kappa shape index (κ1) is 13.2. The quantitative estimate of drug-likeness (QED) is 0.671. The van der Waals surface area contributed by atoms with Crippen LogP contribution >= 0.6 is 24.0 Å². The number of aromatic nitrogens is 1. The van der Waals surface area contributed by atoms with Crippen molar-refractivity contribution in [2.75, 3.05) is 13.2 Å². The van der Waals surface area contributed by atoms with E-state index in [1.54, 1.807) is 12.3 Å². The summed E-state index contributed by atoms with van der Waals surface area (Å²) >= 11 is 6.42. The number of rotatable bonds is 4. The summed E-state index contributed by atoms with van der Waals surface area (Å²) in [5.74, 6) is -0.107. The molecule has 1 aromatic heterocycles. The molecule has 0 atom stereocenters. The minimum atomic E-state index is -0.107. The third-order valence-electron chi connectivity index (χ3n) is 2.38. The van der Waals surface area contributed by atoms with Gasteiger partial charge in [-0.2, -0.15) is 0 Å². The Morgan fingerprint density at radius 1 is 1.50 bits per heavy atom. The van der Waals surface area contributed by atoms with Gasteiger partial charge in [0, 0.05) is 19.3 Å². The summed E-state index contributed by atoms with van der Waals surface area (Å²) < 4.78 is 0.538. The van der Waals surface area contributed by atoms with Crippen molar-refractivity contribution < 1.29 is 9.90 Å². The molecule has 2 rings (SSSR count). The zero-order valence-corrected chi connectivity index (χ0v) is 11.2. The Morgan fingerprint density at radius 2 is 2.33 bits per heavy atom. The van der Waals surface area contributed by atoms with Crippen LogP contribution in [0.25, 0.3) is 6.08 Å². The van der Waals surface area contributed by atoms with E-state index in [1.807, 2.05) is 18.2 Å². The standard InChI is InChI=1S/C12H12N2O2S2/c15-7-3-6-14-11(16)10(18-12(14)17)8-9-4-1-2-5-13-9/h1-2,4-5,8,15H,3,6-7H2/b10-8-. The molecule has 94 valence electrons. The molecule has 0 saturated carbocycles. The Balaban J connectivity index is 2.15. The maximum absolute atomic E-state index is 12.1. The van der Waals surface area contributed by atoms with E-state index in [-0.39, 0.29) is 12.5 Å². The largest absolute Gasteiger partial charge is 0.396 e. The van der Waals surface area contributed by atoms with Crippen molar-refractivity contribution in [1.82, 2.24) is 9.88 Å². The van der Waals surface area contributed by atoms with E-state index in [0.29, 0.717) is 22.2 Å². The SMILES string of the molecule is O=C1/C(=C/c2ccccn2)SC(=S)N1CCCO. The number of thiocarbonyl (C=S) groups is 1. The van der Waals surface area contributed by atoms with Crippen LogP contribution in [0.5, 0.6) is 0 Å². The molecule has 0 aliphatic carbocycles. The monoisotopic (exact) mass is 280 g/mol. The van der Waals surface area contributed by atoms with Crippen LogP contribution in [0.3, 0.4) is 0 Å². The molecule has 1 aromatic rings. The third kappa shape index (κ3) is 2.95. The van der Waals surface area contributed by atoms with Crippen molar-refractivity contribution in [3.63, 3.8) is 0 Å². The highest BCUT2D eigenvalue weighted by Crippen LogP contribution is 2.32. The molecule has 0 aromatic carbocycles. The van der Waals surface area contributed by atoms with Crippen LogP contribution in [0.15, 0.2) is 29.3 Å². The molecule has 2 heterocycles. The summed E-state index contributed by atoms with van der Waals surface area (Å²) in [5, 5.41) is 8.79. The molecular formula is C12H12N2O2S2. The molecule has 1 amide bonds. The molecule has 0 unspecified atom stereocenters. The second-order valence-electron chi connectivity index (χ2n) is 3.67. The summed E-state index contributed by atoms with van der Waals surface area (Å²) in [5.41, 5.74) is 0.736. The second-order valence-corrected chi connectivity index (χ2v) is 5.34. The Labute approximate surface area is 115 Å². The number of hydrogen-bond donors (Lipinski definition) is 1. The van der Waals surface area contributed by atoms with Gasteiger partial charge in [-0.25, -0.2) is 0 Å². The molecule has 1 aliphatic rings. The summed E-state index contributed by atoms with van der Waals surface area (Å²) in [7, 11) is 0. The molecule has 6 heteroatoms. The van der Waals surface area contributed by atoms with Crippen molar-refractivity contribution in [2.45, 2.75) is 6.42 Å². The summed E-state index contributed by atoms with van der Waals surface area (Å²) in [6.45, 7) is 0.511. The van der Waals surface area contributed by atoms with Gasteiger partial charge in [-0.15, -0.1) is 0 Å². The van der Waals surface area contributed by atoms with Crippen LogP contribution in [0.4, 0.5) is 0 Å². The average molecular weight is 280 g/mol. The van der Waals surface area contributed by atoms with Gasteiger partial charge in [0.05, 0.1) is 10.6 Å². The molecule has 0 radical (unpaired) electrons. The first-order valence-electron chi connectivity index (χ1n) is 5.49. The van der Waals surface area contributed by atoms with Gasteiger partial charge in [-0.1, -0.05) is 30.0 Å². The van der Waals surface area contributed by atoms with E-state index in [1.165, 1.54) is 16.7 Å². The van der Waals surface area contributed by atoms with E-state index in [4.69, 9.17) is 17.3 Å². The van der Waals surface area contributed by atoms with Crippen LogP contribution in [-0.4, -0.2) is 38.4 Å². The highest BCUT2D eigenvalue weighted by Gasteiger charge is 2.31. The van der Waals surface area contributed by atoms with Gasteiger partial charge in [-0.05, 0) is 24.6 Å². The Bertz CT molecular complexity index is 488. The molecule has 18 heavy (non-hydrogen) atoms. The predicted molar refractivity (Wildman–Crippen MR) is 75.8 cm³/mol. The zero-order valence-electron chi connectivity index (χ0n) is 9.57. The summed E-state index contributed by atoms with van der Waals surface area (Å²) in [4.78, 5) is 18.3. The van der Waals surface area contributed by atoms with E-state index < -0.39 is 0 Å². The van der Waals surface area contributed by atoms with Crippen LogP contribution in [0.1, 0.15) is 12.1 Å². The highest BCUT2D eigenvalue weighted by molar-refractivity contribution is 8.26. The Morgan fingerprint density at radius 3 is 3.00 bits per heavy atom. The van der Waals surface area contributed by atoms with E-state index >= 15 is 0 Å². The topological polar surface area (TPSA) is 53.4 Å². The van der Waals surface area contributed by atoms with Gasteiger partial charge < -0.3 is 5.11 Å². The zero-order chi connectivity index (χ0) is 13.0. The first-order valence-corrected chi connectivity index (χ1v) is 6.72. The number of hydrogen-bond acceptors (Lipinski definition) is 5. The Kier molecular flexibility index (Phi) is 4.46. The first-order chi connectivity index (χ1) is 8.72. The second kappa shape index (κ2) is 6.08. The molecule has 1 N–H and O–H groups in total. The average Bonchev–Trinajstić information content (AvgIpc) is 2.64. The van der Waals surface area contributed by atoms with Crippen LogP contribution in [0, 0.1) is 0 Å². The van der Waals surface area contributed by atoms with Crippen molar-refractivity contribution in [1.29, 1.82) is 0 Å². The van der Waals surface area contributed by atoms with Gasteiger partial charge in [-0.3, -0.25) is 14.7 Å². The van der Waals surface area contributed by atoms with Gasteiger partial charge >= 0.3 is 0 Å². The van der Waals surface area contributed by atoms with Gasteiger partial charge in [0.15, 0.2) is 0 Å². The van der Waals surface area contributed by atoms with Gasteiger partial charge in [0.1, 0.15) is 4.32 Å². The number of amides is 1. The number of aliphatic hydroxyl groups is 1. The lowest BCUT2D eigenvalue weighted by atomic mass is 10.3. The van der Waals surface area contributed by atoms with Crippen molar-refractivity contribution in [3.05, 3.63) is 35.0 Å². The number of aliphatic hydroxyl groups excluding tert-OH is 1. The maximum atomic E-state index is 12.1. The fourth-order valence-electron chi connectivity index (χ4n) is 1.52. The molecule has 1 saturated heterocycles. The third-order valence-corrected chi connectivity index (χ3v) is 3.76. The molecule has 4 nitrogen and oxygen atoms in total. The van der Waals surface area contributed by atoms with Crippen molar-refractivity contribution >= 4 is 40.3 Å². The number of thioether (sulfide) groups is 1. The summed E-state index contributed by atoms with van der Waals surface area (Å²) in [6, 6.07) is 5.52. The van der Waals surface area contributed by atoms with Crippen LogP contribution in [-0.2, 0) is 4.79 Å². The van der Waals surface area contributed by atoms with Crippen LogP contribution in [0.2, 0.25) is 0 Å². The highest BCUT2D eigenvalue weighted by atomic mass is 32.2. The van der Waals surface area contributed by atoms with Gasteiger partial charge in [0.25, 0.3) is 5.91 Å². The van der Waals surface area contributed by atoms with Crippen LogP contribution < -0.4 is 0 Å². The van der Waals surface area contributed by atoms with E-state index in [0.717, 1.165) is 5.69 Å². The number of pyridine rings is 1. The van der Waals surface area contributed by atoms with E-state index in [2.05, 4.69) is 4.98 Å². The minimum absolute atomic E-state index is 0.0519. The molecule has 1 aliphatic heterocycles. The fraction of sp³-hybridized carbons (Fsp3) is 0.250. The number of carbonyl (C=O) groups excluding carboxylic acids is 1. The predicted octanol–water partition coefficient (Wildman–Crippen LogP) is 1.67. The summed E-state index contributed by atoms with van der Waals surface area (Å²) in [6.07, 6.45) is 3.94. The lowest BCUT2D eigenvalue weighted by molar-refractivity contribution is -0.122. The molecular weight excluding hydrogens is 268 g/mol. The smallest absolute Gasteiger partial charge is 0.266 e. The van der Waals surface area contributed by atoms with Gasteiger partial charge in [0.2, 0.25) is 0 Å². The lowest BCUT2D eigenvalue weighted by Crippen LogP contribution is -2.29. The fourth-order valence-corrected chi connectivity index (χ4v) is 2.81. The maximum Gasteiger partial charge on any atom is 0.266 e. The Hall–Kier alpha value is -1.24. The normalized spacial score (nSPS) is 17.8. The van der Waals surface area contributed by atoms with Crippen molar-refractivity contribution in [2.24, 2.45) is 0 Å². The van der Waals surface area contributed by atoms with E-state index in [9.17, 15) is 4.79 Å². The minimum Gasteiger partial charge on any atom is -0.396 e. The number of carbonyl (C=O) groups is 1. The lowest BCUT2D eigenvalue weighted by Gasteiger charge is -2.12. The molecule has 0 bridgehead atoms.